The van der Waals surface area contributed by atoms with Crippen molar-refractivity contribution in [3.63, 3.8) is 0 Å². The number of ether oxygens (including phenoxy) is 1. The number of hydrogen-bond acceptors (Lipinski definition) is 4. The first-order valence-corrected chi connectivity index (χ1v) is 11.7. The number of unbranched alkanes of at least 4 members (excludes halogenated alkanes) is 1. The Labute approximate surface area is 183 Å². The number of hydrogen-bond donors (Lipinski definition) is 2. The van der Waals surface area contributed by atoms with Crippen LogP contribution < -0.4 is 15.8 Å². The largest absolute Gasteiger partial charge is 0.490 e. The van der Waals surface area contributed by atoms with Gasteiger partial charge in [-0.25, -0.2) is 4.39 Å². The van der Waals surface area contributed by atoms with E-state index in [4.69, 9.17) is 10.5 Å². The van der Waals surface area contributed by atoms with Gasteiger partial charge >= 0.3 is 0 Å². The van der Waals surface area contributed by atoms with E-state index < -0.39 is 0 Å². The van der Waals surface area contributed by atoms with Crippen molar-refractivity contribution in [3.05, 3.63) is 30.1 Å². The minimum Gasteiger partial charge on any atom is -0.490 e. The van der Waals surface area contributed by atoms with E-state index in [9.17, 15) is 14.0 Å². The maximum absolute atomic E-state index is 13.0. The zero-order valence-electron chi connectivity index (χ0n) is 18.1. The van der Waals surface area contributed by atoms with Crippen LogP contribution in [0.1, 0.15) is 44.9 Å². The summed E-state index contributed by atoms with van der Waals surface area (Å²) in [5, 5.41) is 3.06. The average molecular weight is 432 g/mol. The Hall–Kier alpha value is -2.15. The minimum absolute atomic E-state index is 0.0229. The molecule has 2 bridgehead atoms. The highest BCUT2D eigenvalue weighted by Crippen LogP contribution is 2.52. The number of carbonyl (C=O) groups is 2. The maximum Gasteiger partial charge on any atom is 0.224 e. The quantitative estimate of drug-likeness (QED) is 0.589. The number of piperidine rings is 1. The fourth-order valence-corrected chi connectivity index (χ4v) is 5.82. The number of nitrogens with zero attached hydrogens (tertiary/aromatic N) is 1. The summed E-state index contributed by atoms with van der Waals surface area (Å²) in [6, 6.07) is 6.21. The third kappa shape index (κ3) is 5.37. The van der Waals surface area contributed by atoms with Gasteiger partial charge in [0.1, 0.15) is 17.7 Å². The molecule has 4 rings (SSSR count). The van der Waals surface area contributed by atoms with Crippen molar-refractivity contribution in [2.24, 2.45) is 29.4 Å². The second kappa shape index (κ2) is 9.98. The lowest BCUT2D eigenvalue weighted by Gasteiger charge is -2.32. The summed E-state index contributed by atoms with van der Waals surface area (Å²) in [6.07, 6.45) is 7.13. The third-order valence-corrected chi connectivity index (χ3v) is 7.40. The molecule has 6 nitrogen and oxygen atoms in total. The van der Waals surface area contributed by atoms with Crippen molar-refractivity contribution < 1.29 is 18.7 Å². The molecule has 3 fully saturated rings. The maximum atomic E-state index is 13.0. The molecule has 3 aliphatic rings. The van der Waals surface area contributed by atoms with Gasteiger partial charge in [-0.2, -0.15) is 0 Å². The molecule has 2 saturated carbocycles. The van der Waals surface area contributed by atoms with Crippen molar-refractivity contribution in [1.29, 1.82) is 0 Å². The molecule has 2 amide bonds. The molecule has 170 valence electrons. The highest BCUT2D eigenvalue weighted by Gasteiger charge is 2.53. The molecule has 4 atom stereocenters. The summed E-state index contributed by atoms with van der Waals surface area (Å²) >= 11 is 0. The van der Waals surface area contributed by atoms with Crippen LogP contribution in [0, 0.1) is 29.5 Å². The summed E-state index contributed by atoms with van der Waals surface area (Å²) in [5.41, 5.74) is 5.58. The number of benzene rings is 1. The molecule has 3 N–H and O–H groups in total. The zero-order chi connectivity index (χ0) is 21.8. The van der Waals surface area contributed by atoms with Crippen molar-refractivity contribution in [3.8, 4) is 5.75 Å². The van der Waals surface area contributed by atoms with Gasteiger partial charge in [0.05, 0.1) is 11.8 Å². The number of halogens is 1. The summed E-state index contributed by atoms with van der Waals surface area (Å²) in [4.78, 5) is 26.9. The molecule has 4 unspecified atom stereocenters. The van der Waals surface area contributed by atoms with Crippen LogP contribution in [0.3, 0.4) is 0 Å². The van der Waals surface area contributed by atoms with Gasteiger partial charge < -0.3 is 20.7 Å². The van der Waals surface area contributed by atoms with Gasteiger partial charge in [0, 0.05) is 19.6 Å². The molecule has 1 saturated heterocycles. The van der Waals surface area contributed by atoms with Crippen LogP contribution in [0.2, 0.25) is 0 Å². The number of amides is 2. The molecular weight excluding hydrogens is 397 g/mol. The minimum atomic E-state index is -0.306. The van der Waals surface area contributed by atoms with E-state index in [2.05, 4.69) is 10.2 Å². The fraction of sp³-hybridized carbons (Fsp3) is 0.667. The molecule has 0 radical (unpaired) electrons. The van der Waals surface area contributed by atoms with E-state index in [1.807, 2.05) is 0 Å². The van der Waals surface area contributed by atoms with Crippen LogP contribution in [-0.4, -0.2) is 49.0 Å². The number of rotatable bonds is 9. The first kappa shape index (κ1) is 22.1. The molecule has 1 heterocycles. The van der Waals surface area contributed by atoms with Gasteiger partial charge in [0.15, 0.2) is 0 Å². The number of primary amides is 1. The number of fused-ring (bicyclic) bond motifs is 2. The van der Waals surface area contributed by atoms with Gasteiger partial charge in [0.25, 0.3) is 0 Å². The van der Waals surface area contributed by atoms with Crippen LogP contribution in [0.5, 0.6) is 5.75 Å². The Morgan fingerprint density at radius 2 is 1.71 bits per heavy atom. The van der Waals surface area contributed by atoms with Gasteiger partial charge in [-0.1, -0.05) is 0 Å². The Balaban J connectivity index is 1.10. The summed E-state index contributed by atoms with van der Waals surface area (Å²) in [7, 11) is 0. The van der Waals surface area contributed by atoms with E-state index in [1.54, 1.807) is 12.1 Å². The first-order chi connectivity index (χ1) is 15.0. The Kier molecular flexibility index (Phi) is 7.10. The Bertz CT molecular complexity index is 764. The van der Waals surface area contributed by atoms with Crippen molar-refractivity contribution >= 4 is 11.8 Å². The van der Waals surface area contributed by atoms with Crippen LogP contribution in [0.4, 0.5) is 4.39 Å². The smallest absolute Gasteiger partial charge is 0.224 e. The van der Waals surface area contributed by atoms with Crippen LogP contribution >= 0.6 is 0 Å². The van der Waals surface area contributed by atoms with E-state index in [0.29, 0.717) is 18.4 Å². The number of nitrogens with one attached hydrogen (secondary N) is 1. The number of carbonyl (C=O) groups excluding carboxylic acids is 2. The molecule has 1 aromatic carbocycles. The summed E-state index contributed by atoms with van der Waals surface area (Å²) in [6.45, 7) is 3.65. The van der Waals surface area contributed by atoms with Gasteiger partial charge in [-0.3, -0.25) is 9.59 Å². The average Bonchev–Trinajstić information content (AvgIpc) is 3.38. The van der Waals surface area contributed by atoms with Crippen LogP contribution in [0.15, 0.2) is 24.3 Å². The second-order valence-corrected chi connectivity index (χ2v) is 9.40. The van der Waals surface area contributed by atoms with Gasteiger partial charge in [-0.15, -0.1) is 0 Å². The fourth-order valence-electron chi connectivity index (χ4n) is 5.82. The van der Waals surface area contributed by atoms with Crippen LogP contribution in [-0.2, 0) is 9.59 Å². The van der Waals surface area contributed by atoms with Crippen molar-refractivity contribution in [1.82, 2.24) is 10.2 Å². The lowest BCUT2D eigenvalue weighted by atomic mass is 9.78. The standard InChI is InChI=1S/C24H34FN3O3/c25-18-5-7-19(8-6-18)31-20-9-13-28(14-10-20)12-2-1-11-27-24(30)22-17-4-3-16(15-17)21(22)23(26)29/h5-8,16-17,20-22H,1-4,9-15H2,(H2,26,29)(H,27,30). The predicted molar refractivity (Wildman–Crippen MR) is 116 cm³/mol. The number of nitrogens with two attached hydrogens (primary N) is 1. The highest BCUT2D eigenvalue weighted by atomic mass is 19.1. The molecule has 7 heteroatoms. The van der Waals surface area contributed by atoms with Crippen LogP contribution in [0.25, 0.3) is 0 Å². The van der Waals surface area contributed by atoms with Gasteiger partial charge in [-0.05, 0) is 87.6 Å². The predicted octanol–water partition coefficient (Wildman–Crippen LogP) is 2.71. The summed E-state index contributed by atoms with van der Waals surface area (Å²) < 4.78 is 18.9. The number of likely N-dealkylation sites (tertiary alicyclic amines) is 1. The SMILES string of the molecule is NC(=O)C1C2CCC(C2)C1C(=O)NCCCCN1CCC(Oc2ccc(F)cc2)CC1. The Morgan fingerprint density at radius 3 is 2.39 bits per heavy atom. The molecule has 0 aromatic heterocycles. The topological polar surface area (TPSA) is 84.7 Å². The zero-order valence-corrected chi connectivity index (χ0v) is 18.1. The molecular formula is C24H34FN3O3. The molecule has 1 aromatic rings. The molecule has 2 aliphatic carbocycles. The second-order valence-electron chi connectivity index (χ2n) is 9.40. The van der Waals surface area contributed by atoms with E-state index in [1.165, 1.54) is 12.1 Å². The third-order valence-electron chi connectivity index (χ3n) is 7.40. The van der Waals surface area contributed by atoms with Crippen molar-refractivity contribution in [2.45, 2.75) is 51.0 Å². The molecule has 31 heavy (non-hydrogen) atoms. The van der Waals surface area contributed by atoms with E-state index >= 15 is 0 Å². The monoisotopic (exact) mass is 431 g/mol. The van der Waals surface area contributed by atoms with E-state index in [0.717, 1.165) is 70.3 Å². The normalized spacial score (nSPS) is 28.5. The molecule has 0 spiro atoms. The van der Waals surface area contributed by atoms with Crippen molar-refractivity contribution in [2.75, 3.05) is 26.2 Å². The molecule has 1 aliphatic heterocycles. The highest BCUT2D eigenvalue weighted by molar-refractivity contribution is 5.88. The lowest BCUT2D eigenvalue weighted by Crippen LogP contribution is -2.43. The summed E-state index contributed by atoms with van der Waals surface area (Å²) in [5.74, 6) is 0.364. The first-order valence-electron chi connectivity index (χ1n) is 11.7. The van der Waals surface area contributed by atoms with Gasteiger partial charge in [0.2, 0.25) is 11.8 Å². The lowest BCUT2D eigenvalue weighted by molar-refractivity contribution is -0.135. The van der Waals surface area contributed by atoms with E-state index in [-0.39, 0.29) is 35.6 Å². The Morgan fingerprint density at radius 1 is 1.03 bits per heavy atom.